The zero-order valence-corrected chi connectivity index (χ0v) is 15.8. The van der Waals surface area contributed by atoms with Crippen molar-refractivity contribution in [1.29, 1.82) is 0 Å². The van der Waals surface area contributed by atoms with Crippen LogP contribution in [0.1, 0.15) is 33.1 Å². The van der Waals surface area contributed by atoms with Crippen molar-refractivity contribution in [2.75, 3.05) is 11.6 Å². The fraction of sp³-hybridized carbons (Fsp3) is 0.500. The van der Waals surface area contributed by atoms with E-state index in [4.69, 9.17) is 5.84 Å². The maximum absolute atomic E-state index is 13.9. The molecule has 0 saturated heterocycles. The summed E-state index contributed by atoms with van der Waals surface area (Å²) in [5, 5.41) is 11.4. The molecular weight excluding hydrogens is 353 g/mol. The van der Waals surface area contributed by atoms with Crippen molar-refractivity contribution in [3.05, 3.63) is 30.1 Å². The van der Waals surface area contributed by atoms with E-state index in [-0.39, 0.29) is 29.1 Å². The highest BCUT2D eigenvalue weighted by atomic mass is 32.2. The average Bonchev–Trinajstić information content (AvgIpc) is 2.98. The third kappa shape index (κ3) is 4.00. The normalized spacial score (nSPS) is 23.0. The first-order valence-electron chi connectivity index (χ1n) is 8.85. The number of carbonyl (C=O) groups is 1. The van der Waals surface area contributed by atoms with E-state index < -0.39 is 5.82 Å². The first kappa shape index (κ1) is 18.7. The fourth-order valence-electron chi connectivity index (χ4n) is 3.37. The molecular formula is C18H24FN5OS. The Hall–Kier alpha value is -2.09. The molecule has 1 fully saturated rings. The standard InChI is InChI=1S/C18H24FN5OS/c1-11-6-5-9-15(12(11)2)21-16(25)10-26-18-23-22-17(24(18)20)13-7-3-4-8-14(13)19/h3-4,7-8,11-12,15H,5-6,9-10,20H2,1-2H3,(H,21,25). The van der Waals surface area contributed by atoms with Crippen LogP contribution in [0.5, 0.6) is 0 Å². The predicted octanol–water partition coefficient (Wildman–Crippen LogP) is 2.83. The molecule has 2 aromatic rings. The molecule has 1 aliphatic rings. The molecule has 0 radical (unpaired) electrons. The van der Waals surface area contributed by atoms with Crippen molar-refractivity contribution < 1.29 is 9.18 Å². The summed E-state index contributed by atoms with van der Waals surface area (Å²) in [5.74, 6) is 7.06. The van der Waals surface area contributed by atoms with Gasteiger partial charge in [0.1, 0.15) is 5.82 Å². The minimum absolute atomic E-state index is 0.0450. The molecule has 140 valence electrons. The summed E-state index contributed by atoms with van der Waals surface area (Å²) in [4.78, 5) is 12.3. The lowest BCUT2D eigenvalue weighted by Crippen LogP contribution is -2.44. The second-order valence-electron chi connectivity index (χ2n) is 6.89. The number of thioether (sulfide) groups is 1. The lowest BCUT2D eigenvalue weighted by Gasteiger charge is -2.34. The number of rotatable bonds is 5. The quantitative estimate of drug-likeness (QED) is 0.618. The number of carbonyl (C=O) groups excluding carboxylic acids is 1. The van der Waals surface area contributed by atoms with E-state index in [1.54, 1.807) is 18.2 Å². The van der Waals surface area contributed by atoms with Crippen molar-refractivity contribution in [2.24, 2.45) is 11.8 Å². The van der Waals surface area contributed by atoms with Crippen LogP contribution in [0.3, 0.4) is 0 Å². The number of nitrogens with two attached hydrogens (primary N) is 1. The molecule has 3 atom stereocenters. The molecule has 1 saturated carbocycles. The summed E-state index contributed by atoms with van der Waals surface area (Å²) >= 11 is 1.20. The highest BCUT2D eigenvalue weighted by molar-refractivity contribution is 7.99. The molecule has 1 heterocycles. The number of benzene rings is 1. The molecule has 1 aromatic heterocycles. The largest absolute Gasteiger partial charge is 0.352 e. The Labute approximate surface area is 156 Å². The maximum atomic E-state index is 13.9. The number of hydrogen-bond donors (Lipinski definition) is 2. The van der Waals surface area contributed by atoms with Gasteiger partial charge in [-0.25, -0.2) is 9.07 Å². The van der Waals surface area contributed by atoms with E-state index in [0.717, 1.165) is 12.8 Å². The zero-order chi connectivity index (χ0) is 18.7. The van der Waals surface area contributed by atoms with Crippen molar-refractivity contribution in [2.45, 2.75) is 44.3 Å². The Kier molecular flexibility index (Phi) is 5.80. The molecule has 3 N–H and O–H groups in total. The van der Waals surface area contributed by atoms with Gasteiger partial charge in [0.2, 0.25) is 11.1 Å². The molecule has 3 rings (SSSR count). The number of hydrogen-bond acceptors (Lipinski definition) is 5. The Morgan fingerprint density at radius 2 is 2.12 bits per heavy atom. The average molecular weight is 377 g/mol. The molecule has 1 aromatic carbocycles. The third-order valence-electron chi connectivity index (χ3n) is 5.16. The van der Waals surface area contributed by atoms with Crippen molar-refractivity contribution in [1.82, 2.24) is 20.2 Å². The first-order valence-corrected chi connectivity index (χ1v) is 9.83. The Balaban J connectivity index is 1.60. The van der Waals surface area contributed by atoms with Crippen LogP contribution in [-0.2, 0) is 4.79 Å². The summed E-state index contributed by atoms with van der Waals surface area (Å²) in [6.45, 7) is 4.43. The smallest absolute Gasteiger partial charge is 0.230 e. The van der Waals surface area contributed by atoms with Crippen molar-refractivity contribution in [3.8, 4) is 11.4 Å². The molecule has 1 amide bonds. The molecule has 8 heteroatoms. The summed E-state index contributed by atoms with van der Waals surface area (Å²) < 4.78 is 15.1. The van der Waals surface area contributed by atoms with Gasteiger partial charge in [0.25, 0.3) is 0 Å². The molecule has 0 bridgehead atoms. The Morgan fingerprint density at radius 1 is 1.35 bits per heavy atom. The van der Waals surface area contributed by atoms with Crippen LogP contribution in [0.25, 0.3) is 11.4 Å². The van der Waals surface area contributed by atoms with Gasteiger partial charge in [0.05, 0.1) is 11.3 Å². The van der Waals surface area contributed by atoms with E-state index in [9.17, 15) is 9.18 Å². The van der Waals surface area contributed by atoms with Crippen molar-refractivity contribution >= 4 is 17.7 Å². The minimum atomic E-state index is -0.415. The van der Waals surface area contributed by atoms with Gasteiger partial charge in [-0.1, -0.05) is 50.6 Å². The van der Waals surface area contributed by atoms with Crippen molar-refractivity contribution in [3.63, 3.8) is 0 Å². The first-order chi connectivity index (χ1) is 12.5. The highest BCUT2D eigenvalue weighted by Crippen LogP contribution is 2.29. The Bertz CT molecular complexity index is 781. The van der Waals surface area contributed by atoms with Gasteiger partial charge in [-0.05, 0) is 30.4 Å². The van der Waals surface area contributed by atoms with Crippen LogP contribution >= 0.6 is 11.8 Å². The molecule has 0 spiro atoms. The van der Waals surface area contributed by atoms with Crippen LogP contribution in [0.2, 0.25) is 0 Å². The van der Waals surface area contributed by atoms with Crippen LogP contribution < -0.4 is 11.2 Å². The summed E-state index contributed by atoms with van der Waals surface area (Å²) in [5.41, 5.74) is 0.281. The van der Waals surface area contributed by atoms with E-state index in [1.807, 2.05) is 0 Å². The fourth-order valence-corrected chi connectivity index (χ4v) is 4.03. The van der Waals surface area contributed by atoms with E-state index in [1.165, 1.54) is 28.9 Å². The predicted molar refractivity (Wildman–Crippen MR) is 100 cm³/mol. The lowest BCUT2D eigenvalue weighted by atomic mass is 9.78. The van der Waals surface area contributed by atoms with Gasteiger partial charge in [0.15, 0.2) is 5.82 Å². The van der Waals surface area contributed by atoms with Gasteiger partial charge >= 0.3 is 0 Å². The number of nitrogens with zero attached hydrogens (tertiary/aromatic N) is 3. The summed E-state index contributed by atoms with van der Waals surface area (Å²) in [6.07, 6.45) is 3.39. The second-order valence-corrected chi connectivity index (χ2v) is 7.83. The van der Waals surface area contributed by atoms with Gasteiger partial charge < -0.3 is 11.2 Å². The highest BCUT2D eigenvalue weighted by Gasteiger charge is 2.28. The maximum Gasteiger partial charge on any atom is 0.230 e. The molecule has 1 aliphatic carbocycles. The van der Waals surface area contributed by atoms with Crippen LogP contribution in [0, 0.1) is 17.7 Å². The van der Waals surface area contributed by atoms with Gasteiger partial charge in [-0.3, -0.25) is 4.79 Å². The summed E-state index contributed by atoms with van der Waals surface area (Å²) in [6, 6.07) is 6.46. The van der Waals surface area contributed by atoms with Crippen LogP contribution in [0.4, 0.5) is 4.39 Å². The molecule has 3 unspecified atom stereocenters. The van der Waals surface area contributed by atoms with Crippen LogP contribution in [-0.4, -0.2) is 32.6 Å². The topological polar surface area (TPSA) is 85.8 Å². The Morgan fingerprint density at radius 3 is 2.88 bits per heavy atom. The molecule has 6 nitrogen and oxygen atoms in total. The number of nitrogens with one attached hydrogen (secondary N) is 1. The SMILES string of the molecule is CC1CCCC(NC(=O)CSc2nnc(-c3ccccc3F)n2N)C1C. The van der Waals surface area contributed by atoms with Gasteiger partial charge in [0, 0.05) is 6.04 Å². The molecule has 26 heavy (non-hydrogen) atoms. The van der Waals surface area contributed by atoms with Crippen LogP contribution in [0.15, 0.2) is 29.4 Å². The monoisotopic (exact) mass is 377 g/mol. The number of aromatic nitrogens is 3. The third-order valence-corrected chi connectivity index (χ3v) is 6.11. The van der Waals surface area contributed by atoms with E-state index in [2.05, 4.69) is 29.4 Å². The second kappa shape index (κ2) is 8.07. The van der Waals surface area contributed by atoms with E-state index >= 15 is 0 Å². The lowest BCUT2D eigenvalue weighted by molar-refractivity contribution is -0.120. The van der Waals surface area contributed by atoms with E-state index in [0.29, 0.717) is 17.0 Å². The van der Waals surface area contributed by atoms with Gasteiger partial charge in [-0.15, -0.1) is 10.2 Å². The van der Waals surface area contributed by atoms with Gasteiger partial charge in [-0.2, -0.15) is 0 Å². The summed E-state index contributed by atoms with van der Waals surface area (Å²) in [7, 11) is 0. The number of amides is 1. The number of nitrogen functional groups attached to an aromatic ring is 1. The zero-order valence-electron chi connectivity index (χ0n) is 15.0. The molecule has 0 aliphatic heterocycles. The number of halogens is 1. The minimum Gasteiger partial charge on any atom is -0.352 e.